The molecule has 0 aliphatic carbocycles. The van der Waals surface area contributed by atoms with E-state index in [1.807, 2.05) is 0 Å². The van der Waals surface area contributed by atoms with Gasteiger partial charge in [-0.25, -0.2) is 18.4 Å². The molecule has 0 radical (unpaired) electrons. The Balaban J connectivity index is 1.76. The number of aromatic nitrogens is 1. The minimum absolute atomic E-state index is 0.101. The topological polar surface area (TPSA) is 88.9 Å². The van der Waals surface area contributed by atoms with Gasteiger partial charge in [0, 0.05) is 22.4 Å². The fourth-order valence-corrected chi connectivity index (χ4v) is 6.47. The summed E-state index contributed by atoms with van der Waals surface area (Å²) in [5.41, 5.74) is 1.65. The van der Waals surface area contributed by atoms with Crippen molar-refractivity contribution in [1.82, 2.24) is 4.98 Å². The number of halogens is 2. The largest absolute Gasteiger partial charge is 0.442 e. The van der Waals surface area contributed by atoms with E-state index in [4.69, 9.17) is 4.74 Å². The molecule has 0 spiro atoms. The van der Waals surface area contributed by atoms with Crippen LogP contribution in [-0.4, -0.2) is 40.1 Å². The van der Waals surface area contributed by atoms with Crippen LogP contribution in [0, 0.1) is 16.3 Å². The van der Waals surface area contributed by atoms with Crippen molar-refractivity contribution in [2.75, 3.05) is 18.2 Å². The molecule has 1 atom stereocenters. The number of carbonyl (C=O) groups excluding carboxylic acids is 2. The minimum Gasteiger partial charge on any atom is -0.442 e. The third kappa shape index (κ3) is 7.10. The van der Waals surface area contributed by atoms with Gasteiger partial charge in [0.25, 0.3) is 0 Å². The normalized spacial score (nSPS) is 13.1. The van der Waals surface area contributed by atoms with Crippen molar-refractivity contribution in [2.45, 2.75) is 43.9 Å². The molecule has 192 valence electrons. The lowest BCUT2D eigenvalue weighted by Crippen LogP contribution is -2.27. The summed E-state index contributed by atoms with van der Waals surface area (Å²) < 4.78 is 37.5. The van der Waals surface area contributed by atoms with Gasteiger partial charge in [0.05, 0.1) is 21.8 Å². The summed E-state index contributed by atoms with van der Waals surface area (Å²) in [6, 6.07) is 12.1. The highest BCUT2D eigenvalue weighted by Crippen LogP contribution is 2.31. The molecule has 2 aromatic carbocycles. The molecule has 3 aromatic rings. The molecule has 1 aromatic heterocycles. The fourth-order valence-electron chi connectivity index (χ4n) is 3.25. The lowest BCUT2D eigenvalue weighted by atomic mass is 10.0. The Hall–Kier alpha value is -2.38. The first kappa shape index (κ1) is 28.2. The first-order chi connectivity index (χ1) is 16.7. The van der Waals surface area contributed by atoms with Crippen molar-refractivity contribution in [3.63, 3.8) is 0 Å². The number of benzene rings is 2. The van der Waals surface area contributed by atoms with E-state index >= 15 is 0 Å². The van der Waals surface area contributed by atoms with Gasteiger partial charge in [-0.2, -0.15) is 0 Å². The van der Waals surface area contributed by atoms with E-state index in [-0.39, 0.29) is 18.1 Å². The molecule has 2 amide bonds. The van der Waals surface area contributed by atoms with Crippen LogP contribution >= 0.6 is 33.9 Å². The van der Waals surface area contributed by atoms with Crippen LogP contribution < -0.4 is 4.90 Å². The second kappa shape index (κ2) is 10.9. The van der Waals surface area contributed by atoms with Gasteiger partial charge in [-0.05, 0) is 79.6 Å². The molecule has 1 unspecified atom stereocenters. The number of carbonyl (C=O) groups is 2. The summed E-state index contributed by atoms with van der Waals surface area (Å²) in [4.78, 5) is 30.8. The maximum atomic E-state index is 14.2. The van der Waals surface area contributed by atoms with Crippen LogP contribution in [0.15, 0.2) is 51.0 Å². The Morgan fingerprint density at radius 1 is 1.19 bits per heavy atom. The van der Waals surface area contributed by atoms with Crippen LogP contribution in [0.1, 0.15) is 32.0 Å². The zero-order valence-corrected chi connectivity index (χ0v) is 24.6. The molecule has 36 heavy (non-hydrogen) atoms. The molecule has 3 rings (SSSR count). The monoisotopic (exact) mass is 643 g/mol. The fraction of sp³-hybridized carbons (Fsp3) is 0.320. The quantitative estimate of drug-likeness (QED) is 0.298. The summed E-state index contributed by atoms with van der Waals surface area (Å²) in [5.74, 6) is -0.532. The van der Waals surface area contributed by atoms with Gasteiger partial charge >= 0.3 is 6.09 Å². The number of likely N-dealkylation sites (N-methyl/N-ethyl adjacent to an activating group) is 1. The molecule has 1 heterocycles. The Labute approximate surface area is 228 Å². The average molecular weight is 644 g/mol. The average Bonchev–Trinajstić information content (AvgIpc) is 3.16. The Morgan fingerprint density at radius 2 is 1.83 bits per heavy atom. The number of thiazole rings is 1. The van der Waals surface area contributed by atoms with Gasteiger partial charge in [-0.1, -0.05) is 35.6 Å². The molecule has 0 bridgehead atoms. The summed E-state index contributed by atoms with van der Waals surface area (Å²) in [5, 5.41) is 0.346. The van der Waals surface area contributed by atoms with Crippen LogP contribution in [0.4, 0.5) is 14.3 Å². The molecular formula is C25H27FIN3O4S2. The second-order valence-corrected chi connectivity index (χ2v) is 13.9. The van der Waals surface area contributed by atoms with Crippen LogP contribution in [0.2, 0.25) is 0 Å². The summed E-state index contributed by atoms with van der Waals surface area (Å²) >= 11 is 3.19. The number of rotatable bonds is 5. The first-order valence-corrected chi connectivity index (χ1v) is 14.7. The molecule has 0 aliphatic rings. The second-order valence-electron chi connectivity index (χ2n) is 9.19. The smallest absolute Gasteiger partial charge is 0.442 e. The Bertz CT molecular complexity index is 1420. The molecule has 7 nitrogen and oxygen atoms in total. The number of hydrogen-bond donors (Lipinski definition) is 0. The van der Waals surface area contributed by atoms with Gasteiger partial charge < -0.3 is 4.74 Å². The van der Waals surface area contributed by atoms with Gasteiger partial charge in [-0.15, -0.1) is 4.36 Å². The highest BCUT2D eigenvalue weighted by Gasteiger charge is 2.24. The van der Waals surface area contributed by atoms with E-state index in [1.165, 1.54) is 17.2 Å². The number of anilines is 1. The van der Waals surface area contributed by atoms with Crippen molar-refractivity contribution in [1.29, 1.82) is 0 Å². The summed E-state index contributed by atoms with van der Waals surface area (Å²) in [6.45, 7) is 6.75. The lowest BCUT2D eigenvalue weighted by Gasteiger charge is -2.17. The highest BCUT2D eigenvalue weighted by molar-refractivity contribution is 14.1. The third-order valence-corrected chi connectivity index (χ3v) is 9.30. The number of nitrogens with zero attached hydrogens (tertiary/aromatic N) is 3. The van der Waals surface area contributed by atoms with Crippen molar-refractivity contribution in [2.24, 2.45) is 4.36 Å². The maximum Gasteiger partial charge on any atom is 0.442 e. The van der Waals surface area contributed by atoms with E-state index in [9.17, 15) is 18.2 Å². The minimum atomic E-state index is -3.11. The van der Waals surface area contributed by atoms with Crippen molar-refractivity contribution >= 4 is 60.8 Å². The molecule has 0 saturated carbocycles. The standard InChI is InChI=1S/C25H27FIN3O4S2/c1-15-22(36(6,33)29-24(32)34-25(2,3)4)35-23(28-15)30(5)21(31)13-16-7-9-17(10-8-16)19-14-18(27)11-12-20(19)26/h7-12,14H,13H2,1-6H3. The zero-order chi connectivity index (χ0) is 26.8. The Morgan fingerprint density at radius 3 is 2.44 bits per heavy atom. The predicted molar refractivity (Wildman–Crippen MR) is 150 cm³/mol. The van der Waals surface area contributed by atoms with E-state index < -0.39 is 21.4 Å². The van der Waals surface area contributed by atoms with Crippen LogP contribution in [0.3, 0.4) is 0 Å². The lowest BCUT2D eigenvalue weighted by molar-refractivity contribution is -0.117. The zero-order valence-electron chi connectivity index (χ0n) is 20.8. The molecule has 0 fully saturated rings. The SMILES string of the molecule is Cc1nc(N(C)C(=O)Cc2ccc(-c3cc(I)ccc3F)cc2)sc1S(C)(=O)=NC(=O)OC(C)(C)C. The van der Waals surface area contributed by atoms with Gasteiger partial charge in [0.15, 0.2) is 5.13 Å². The van der Waals surface area contributed by atoms with Crippen molar-refractivity contribution in [3.8, 4) is 11.1 Å². The van der Waals surface area contributed by atoms with Gasteiger partial charge in [-0.3, -0.25) is 9.69 Å². The van der Waals surface area contributed by atoms with Gasteiger partial charge in [0.1, 0.15) is 15.6 Å². The number of aryl methyl sites for hydroxylation is 1. The van der Waals surface area contributed by atoms with E-state index in [0.717, 1.165) is 26.0 Å². The van der Waals surface area contributed by atoms with E-state index in [0.29, 0.717) is 20.6 Å². The first-order valence-electron chi connectivity index (χ1n) is 10.9. The molecule has 0 aliphatic heterocycles. The number of ether oxygens (including phenoxy) is 1. The van der Waals surface area contributed by atoms with Crippen LogP contribution in [0.25, 0.3) is 11.1 Å². The molecule has 11 heteroatoms. The van der Waals surface area contributed by atoms with Crippen molar-refractivity contribution in [3.05, 3.63) is 63.1 Å². The molecule has 0 N–H and O–H groups in total. The number of amides is 2. The van der Waals surface area contributed by atoms with E-state index in [2.05, 4.69) is 31.9 Å². The maximum absolute atomic E-state index is 14.2. The summed E-state index contributed by atoms with van der Waals surface area (Å²) in [7, 11) is -1.52. The van der Waals surface area contributed by atoms with E-state index in [1.54, 1.807) is 71.1 Å². The van der Waals surface area contributed by atoms with Crippen molar-refractivity contribution < 1.29 is 22.9 Å². The van der Waals surface area contributed by atoms with Crippen LogP contribution in [-0.2, 0) is 25.7 Å². The van der Waals surface area contributed by atoms with Crippen LogP contribution in [0.5, 0.6) is 0 Å². The Kier molecular flexibility index (Phi) is 8.56. The van der Waals surface area contributed by atoms with Gasteiger partial charge in [0.2, 0.25) is 5.91 Å². The molecule has 0 saturated heterocycles. The third-order valence-electron chi connectivity index (χ3n) is 4.94. The number of hydrogen-bond acceptors (Lipinski definition) is 6. The molecular weight excluding hydrogens is 616 g/mol. The predicted octanol–water partition coefficient (Wildman–Crippen LogP) is 6.46. The summed E-state index contributed by atoms with van der Waals surface area (Å²) in [6.07, 6.45) is 0.534. The highest BCUT2D eigenvalue weighted by atomic mass is 127.